The lowest BCUT2D eigenvalue weighted by molar-refractivity contribution is -0.168. The van der Waals surface area contributed by atoms with Gasteiger partial charge in [-0.1, -0.05) is 53.9 Å². The lowest BCUT2D eigenvalue weighted by Crippen LogP contribution is -2.55. The summed E-state index contributed by atoms with van der Waals surface area (Å²) in [5.41, 5.74) is 0.934. The summed E-state index contributed by atoms with van der Waals surface area (Å²) in [6, 6.07) is 0. The highest BCUT2D eigenvalue weighted by atomic mass is 16.8. The molecule has 0 spiro atoms. The molecule has 0 N–H and O–H groups in total. The van der Waals surface area contributed by atoms with Gasteiger partial charge in [-0.2, -0.15) is 0 Å². The zero-order chi connectivity index (χ0) is 22.9. The number of hydrogen-bond acceptors (Lipinski definition) is 3. The normalized spacial score (nSPS) is 50.1. The molecular weight excluding hydrogens is 396 g/mol. The number of carbonyl (C=O) groups excluding carboxylic acids is 1. The summed E-state index contributed by atoms with van der Waals surface area (Å²) >= 11 is 0. The average Bonchev–Trinajstić information content (AvgIpc) is 3.23. The van der Waals surface area contributed by atoms with E-state index in [0.717, 1.165) is 48.3 Å². The van der Waals surface area contributed by atoms with Crippen molar-refractivity contribution in [2.24, 2.45) is 52.3 Å². The van der Waals surface area contributed by atoms with Gasteiger partial charge in [0.15, 0.2) is 0 Å². The molecule has 3 heteroatoms. The van der Waals surface area contributed by atoms with E-state index in [4.69, 9.17) is 9.47 Å². The van der Waals surface area contributed by atoms with Crippen LogP contribution in [0.5, 0.6) is 0 Å². The van der Waals surface area contributed by atoms with E-state index in [2.05, 4.69) is 34.6 Å². The van der Waals surface area contributed by atoms with Crippen molar-refractivity contribution in [3.8, 4) is 0 Å². The number of ether oxygens (including phenoxy) is 2. The molecule has 182 valence electrons. The van der Waals surface area contributed by atoms with E-state index in [1.807, 2.05) is 0 Å². The molecule has 4 aliphatic carbocycles. The summed E-state index contributed by atoms with van der Waals surface area (Å²) in [7, 11) is 0. The molecule has 5 fully saturated rings. The zero-order valence-electron chi connectivity index (χ0n) is 21.6. The Bertz CT molecular complexity index is 732. The highest BCUT2D eigenvalue weighted by Crippen LogP contribution is 2.71. The summed E-state index contributed by atoms with van der Waals surface area (Å²) in [5, 5.41) is 0. The molecule has 0 aromatic rings. The first kappa shape index (κ1) is 23.2. The number of carbonyl (C=O) groups is 1. The van der Waals surface area contributed by atoms with E-state index in [9.17, 15) is 4.79 Å². The fourth-order valence-corrected chi connectivity index (χ4v) is 9.91. The zero-order valence-corrected chi connectivity index (χ0v) is 21.6. The maximum absolute atomic E-state index is 11.7. The minimum atomic E-state index is -0.560. The SMILES string of the molecule is CC(=O)O[C@]12C[C@@H]3CC[C@@H]4[C@@H]5CC[C@H]([C@H](C)CCCC(C)C)[C@]5(C)CC[C@@H]4[C@]3(C)C[C@H]1O2. The van der Waals surface area contributed by atoms with Gasteiger partial charge in [0.1, 0.15) is 6.10 Å². The van der Waals surface area contributed by atoms with Crippen LogP contribution in [0.1, 0.15) is 112 Å². The van der Waals surface area contributed by atoms with Gasteiger partial charge in [0.25, 0.3) is 0 Å². The third kappa shape index (κ3) is 3.59. The Labute approximate surface area is 196 Å². The summed E-state index contributed by atoms with van der Waals surface area (Å²) in [6.07, 6.45) is 14.9. The Balaban J connectivity index is 1.28. The molecule has 1 saturated heterocycles. The number of fused-ring (bicyclic) bond motifs is 6. The van der Waals surface area contributed by atoms with Gasteiger partial charge >= 0.3 is 5.97 Å². The molecule has 0 amide bonds. The predicted molar refractivity (Wildman–Crippen MR) is 128 cm³/mol. The van der Waals surface area contributed by atoms with Crippen molar-refractivity contribution >= 4 is 5.97 Å². The second-order valence-electron chi connectivity index (χ2n) is 13.6. The smallest absolute Gasteiger partial charge is 0.305 e. The van der Waals surface area contributed by atoms with Crippen molar-refractivity contribution in [1.29, 1.82) is 0 Å². The first-order chi connectivity index (χ1) is 15.1. The van der Waals surface area contributed by atoms with Crippen LogP contribution in [0.4, 0.5) is 0 Å². The van der Waals surface area contributed by atoms with Crippen LogP contribution in [-0.2, 0) is 14.3 Å². The third-order valence-electron chi connectivity index (χ3n) is 11.5. The van der Waals surface area contributed by atoms with E-state index < -0.39 is 5.79 Å². The molecule has 5 aliphatic rings. The summed E-state index contributed by atoms with van der Waals surface area (Å²) in [6.45, 7) is 14.1. The molecule has 0 aromatic heterocycles. The van der Waals surface area contributed by atoms with Gasteiger partial charge in [0.2, 0.25) is 5.79 Å². The first-order valence-corrected chi connectivity index (χ1v) is 14.0. The number of epoxide rings is 1. The van der Waals surface area contributed by atoms with Crippen LogP contribution in [0, 0.1) is 52.3 Å². The molecule has 0 radical (unpaired) electrons. The Hall–Kier alpha value is -0.570. The van der Waals surface area contributed by atoms with Crippen molar-refractivity contribution < 1.29 is 14.3 Å². The van der Waals surface area contributed by atoms with Crippen LogP contribution in [-0.4, -0.2) is 17.9 Å². The Morgan fingerprint density at radius 2 is 1.72 bits per heavy atom. The van der Waals surface area contributed by atoms with Gasteiger partial charge in [-0.15, -0.1) is 0 Å². The van der Waals surface area contributed by atoms with Gasteiger partial charge in [-0.3, -0.25) is 4.79 Å². The van der Waals surface area contributed by atoms with Gasteiger partial charge in [-0.05, 0) is 97.2 Å². The monoisotopic (exact) mass is 444 g/mol. The van der Waals surface area contributed by atoms with Gasteiger partial charge < -0.3 is 9.47 Å². The van der Waals surface area contributed by atoms with Crippen molar-refractivity contribution in [2.75, 3.05) is 0 Å². The average molecular weight is 445 g/mol. The lowest BCUT2D eigenvalue weighted by Gasteiger charge is -2.60. The predicted octanol–water partition coefficient (Wildman–Crippen LogP) is 7.38. The molecule has 1 aliphatic heterocycles. The van der Waals surface area contributed by atoms with Crippen LogP contribution in [0.2, 0.25) is 0 Å². The van der Waals surface area contributed by atoms with Crippen molar-refractivity contribution in [1.82, 2.24) is 0 Å². The molecule has 32 heavy (non-hydrogen) atoms. The second-order valence-corrected chi connectivity index (χ2v) is 13.6. The molecule has 10 atom stereocenters. The van der Waals surface area contributed by atoms with Gasteiger partial charge in [0.05, 0.1) is 0 Å². The summed E-state index contributed by atoms with van der Waals surface area (Å²) < 4.78 is 11.8. The van der Waals surface area contributed by atoms with Crippen LogP contribution in [0.25, 0.3) is 0 Å². The van der Waals surface area contributed by atoms with Crippen LogP contribution in [0.15, 0.2) is 0 Å². The fourth-order valence-electron chi connectivity index (χ4n) is 9.91. The van der Waals surface area contributed by atoms with Crippen molar-refractivity contribution in [2.45, 2.75) is 124 Å². The molecule has 3 nitrogen and oxygen atoms in total. The van der Waals surface area contributed by atoms with E-state index in [0.29, 0.717) is 16.7 Å². The minimum Gasteiger partial charge on any atom is -0.430 e. The van der Waals surface area contributed by atoms with Crippen molar-refractivity contribution in [3.63, 3.8) is 0 Å². The Morgan fingerprint density at radius 1 is 0.969 bits per heavy atom. The molecular formula is C29H48O3. The number of rotatable bonds is 6. The molecule has 5 rings (SSSR count). The summed E-state index contributed by atoms with van der Waals surface area (Å²) in [4.78, 5) is 11.7. The second kappa shape index (κ2) is 7.99. The highest BCUT2D eigenvalue weighted by Gasteiger charge is 2.71. The Kier molecular flexibility index (Phi) is 5.79. The topological polar surface area (TPSA) is 38.8 Å². The molecule has 0 aromatic carbocycles. The van der Waals surface area contributed by atoms with Crippen LogP contribution >= 0.6 is 0 Å². The maximum Gasteiger partial charge on any atom is 0.305 e. The standard InChI is InChI=1S/C29H48O3/c1-18(2)8-7-9-19(3)23-12-13-24-22-11-10-21-16-29(31-20(4)30)26(32-29)17-28(21,6)25(22)14-15-27(23,24)5/h18-19,21-26H,7-17H2,1-6H3/t19-,21+,22-,23-,24+,25+,26-,27+,28-,29+/m1/s1. The summed E-state index contributed by atoms with van der Waals surface area (Å²) in [5.74, 6) is 5.23. The fraction of sp³-hybridized carbons (Fsp3) is 0.966. The Morgan fingerprint density at radius 3 is 2.44 bits per heavy atom. The molecule has 0 unspecified atom stereocenters. The first-order valence-electron chi connectivity index (χ1n) is 14.0. The van der Waals surface area contributed by atoms with Crippen LogP contribution < -0.4 is 0 Å². The molecule has 4 saturated carbocycles. The number of hydrogen-bond donors (Lipinski definition) is 0. The van der Waals surface area contributed by atoms with E-state index >= 15 is 0 Å². The van der Waals surface area contributed by atoms with Gasteiger partial charge in [0, 0.05) is 13.3 Å². The van der Waals surface area contributed by atoms with Gasteiger partial charge in [-0.25, -0.2) is 0 Å². The van der Waals surface area contributed by atoms with Crippen LogP contribution in [0.3, 0.4) is 0 Å². The maximum atomic E-state index is 11.7. The third-order valence-corrected chi connectivity index (χ3v) is 11.5. The molecule has 0 bridgehead atoms. The van der Waals surface area contributed by atoms with E-state index in [-0.39, 0.29) is 12.1 Å². The minimum absolute atomic E-state index is 0.150. The lowest BCUT2D eigenvalue weighted by atomic mass is 9.44. The number of esters is 1. The van der Waals surface area contributed by atoms with Crippen molar-refractivity contribution in [3.05, 3.63) is 0 Å². The largest absolute Gasteiger partial charge is 0.430 e. The van der Waals surface area contributed by atoms with E-state index in [1.54, 1.807) is 0 Å². The molecule has 1 heterocycles. The quantitative estimate of drug-likeness (QED) is 0.317. The highest BCUT2D eigenvalue weighted by molar-refractivity contribution is 5.66. The van der Waals surface area contributed by atoms with E-state index in [1.165, 1.54) is 64.7 Å².